The van der Waals surface area contributed by atoms with Gasteiger partial charge >= 0.3 is 0 Å². The fraction of sp³-hybridized carbons (Fsp3) is 0.0851. The zero-order chi connectivity index (χ0) is 35.6. The van der Waals surface area contributed by atoms with Gasteiger partial charge in [-0.15, -0.1) is 0 Å². The molecule has 0 spiro atoms. The number of anilines is 6. The molecule has 1 atom stereocenters. The third-order valence-electron chi connectivity index (χ3n) is 10.6. The molecule has 3 aliphatic heterocycles. The Balaban J connectivity index is 1.36. The lowest BCUT2D eigenvalue weighted by molar-refractivity contribution is 0.477. The van der Waals surface area contributed by atoms with Crippen LogP contribution in [0.2, 0.25) is 0 Å². The number of nitriles is 1. The molecule has 1 N–H and O–H groups in total. The first-order chi connectivity index (χ1) is 26.1. The average molecular weight is 687 g/mol. The fourth-order valence-corrected chi connectivity index (χ4v) is 8.01. The van der Waals surface area contributed by atoms with Gasteiger partial charge < -0.3 is 24.6 Å². The maximum absolute atomic E-state index is 9.78. The van der Waals surface area contributed by atoms with E-state index in [1.54, 1.807) is 0 Å². The van der Waals surface area contributed by atoms with Crippen molar-refractivity contribution in [3.8, 4) is 51.3 Å². The summed E-state index contributed by atoms with van der Waals surface area (Å²) in [7, 11) is 0. The Bertz CT molecular complexity index is 2530. The highest BCUT2D eigenvalue weighted by Gasteiger charge is 2.36. The first-order valence-electron chi connectivity index (χ1n) is 17.9. The van der Waals surface area contributed by atoms with E-state index in [-0.39, 0.29) is 0 Å². The standard InChI is InChI=1S/C47H34N4O2/c1-29-44(33-21-19-31(27-48)20-22-33)46(50-36-11-3-7-15-40(36)52-41-16-8-4-12-37(41)50)30(2)47(45(29)34-25-23-32(24-26-34)35-28-49-35)51-38-13-5-9-17-42(38)53-43-18-10-6-14-39(43)51/h3-26,35,49H,28H2,1-2H3. The Morgan fingerprint density at radius 3 is 1.28 bits per heavy atom. The molecule has 7 aromatic rings. The number of rotatable bonds is 5. The number of hydrogen-bond acceptors (Lipinski definition) is 6. The Labute approximate surface area is 308 Å². The molecular weight excluding hydrogens is 653 g/mol. The summed E-state index contributed by atoms with van der Waals surface area (Å²) in [4.78, 5) is 4.74. The predicted molar refractivity (Wildman–Crippen MR) is 212 cm³/mol. The minimum Gasteiger partial charge on any atom is -0.453 e. The third kappa shape index (κ3) is 4.97. The third-order valence-corrected chi connectivity index (χ3v) is 10.6. The minimum absolute atomic E-state index is 0.405. The van der Waals surface area contributed by atoms with E-state index in [1.165, 1.54) is 5.56 Å². The van der Waals surface area contributed by atoms with Gasteiger partial charge in [0.05, 0.1) is 45.8 Å². The first-order valence-corrected chi connectivity index (χ1v) is 17.9. The molecule has 1 saturated heterocycles. The van der Waals surface area contributed by atoms with E-state index in [1.807, 2.05) is 60.7 Å². The maximum atomic E-state index is 9.78. The van der Waals surface area contributed by atoms with Crippen LogP contribution < -0.4 is 24.6 Å². The van der Waals surface area contributed by atoms with Crippen LogP contribution in [0.1, 0.15) is 28.3 Å². The summed E-state index contributed by atoms with van der Waals surface area (Å²) >= 11 is 0. The topological polar surface area (TPSA) is 70.7 Å². The second-order valence-corrected chi connectivity index (χ2v) is 13.7. The van der Waals surface area contributed by atoms with E-state index in [2.05, 4.69) is 120 Å². The number of hydrogen-bond donors (Lipinski definition) is 1. The molecule has 0 aliphatic carbocycles. The number of fused-ring (bicyclic) bond motifs is 4. The molecule has 0 amide bonds. The lowest BCUT2D eigenvalue weighted by Crippen LogP contribution is -2.22. The molecule has 6 nitrogen and oxygen atoms in total. The van der Waals surface area contributed by atoms with Crippen LogP contribution in [0, 0.1) is 25.2 Å². The molecule has 53 heavy (non-hydrogen) atoms. The Hall–Kier alpha value is -6.81. The van der Waals surface area contributed by atoms with E-state index in [0.717, 1.165) is 97.0 Å². The second kappa shape index (κ2) is 12.2. The van der Waals surface area contributed by atoms with Crippen molar-refractivity contribution >= 4 is 34.1 Å². The van der Waals surface area contributed by atoms with Crippen molar-refractivity contribution < 1.29 is 9.47 Å². The van der Waals surface area contributed by atoms with Crippen molar-refractivity contribution in [1.29, 1.82) is 5.26 Å². The van der Waals surface area contributed by atoms with Crippen LogP contribution in [-0.2, 0) is 0 Å². The highest BCUT2D eigenvalue weighted by atomic mass is 16.5. The number of nitrogens with zero attached hydrogens (tertiary/aromatic N) is 3. The van der Waals surface area contributed by atoms with Crippen LogP contribution in [0.15, 0.2) is 146 Å². The summed E-state index contributed by atoms with van der Waals surface area (Å²) < 4.78 is 13.1. The summed E-state index contributed by atoms with van der Waals surface area (Å²) in [6, 6.07) is 52.7. The maximum Gasteiger partial charge on any atom is 0.151 e. The minimum atomic E-state index is 0.405. The van der Waals surface area contributed by atoms with E-state index < -0.39 is 0 Å². The van der Waals surface area contributed by atoms with Crippen molar-refractivity contribution in [1.82, 2.24) is 5.32 Å². The van der Waals surface area contributed by atoms with Crippen molar-refractivity contribution in [3.05, 3.63) is 168 Å². The molecule has 0 aromatic heterocycles. The van der Waals surface area contributed by atoms with Gasteiger partial charge in [-0.25, -0.2) is 0 Å². The zero-order valence-electron chi connectivity index (χ0n) is 29.3. The highest BCUT2D eigenvalue weighted by molar-refractivity contribution is 6.06. The molecule has 0 saturated carbocycles. The van der Waals surface area contributed by atoms with Crippen molar-refractivity contribution in [3.63, 3.8) is 0 Å². The van der Waals surface area contributed by atoms with Crippen LogP contribution in [0.3, 0.4) is 0 Å². The van der Waals surface area contributed by atoms with Crippen LogP contribution in [-0.4, -0.2) is 6.54 Å². The van der Waals surface area contributed by atoms with Crippen LogP contribution in [0.5, 0.6) is 23.0 Å². The van der Waals surface area contributed by atoms with Gasteiger partial charge in [0.1, 0.15) is 0 Å². The molecule has 7 aromatic carbocycles. The summed E-state index contributed by atoms with van der Waals surface area (Å²) in [6.07, 6.45) is 0. The van der Waals surface area contributed by atoms with Gasteiger partial charge in [-0.3, -0.25) is 0 Å². The zero-order valence-corrected chi connectivity index (χ0v) is 29.3. The summed E-state index contributed by atoms with van der Waals surface area (Å²) in [5.74, 6) is 3.16. The lowest BCUT2D eigenvalue weighted by Gasteiger charge is -2.40. The lowest BCUT2D eigenvalue weighted by atomic mass is 9.84. The predicted octanol–water partition coefficient (Wildman–Crippen LogP) is 12.3. The smallest absolute Gasteiger partial charge is 0.151 e. The van der Waals surface area contributed by atoms with Crippen molar-refractivity contribution in [2.24, 2.45) is 0 Å². The summed E-state index contributed by atoms with van der Waals surface area (Å²) in [5, 5.41) is 13.2. The van der Waals surface area contributed by atoms with Gasteiger partial charge in [0.2, 0.25) is 0 Å². The Kier molecular flexibility index (Phi) is 7.10. The van der Waals surface area contributed by atoms with E-state index in [0.29, 0.717) is 11.6 Å². The van der Waals surface area contributed by atoms with Gasteiger partial charge in [-0.05, 0) is 102 Å². The van der Waals surface area contributed by atoms with E-state index in [4.69, 9.17) is 9.47 Å². The van der Waals surface area contributed by atoms with Crippen LogP contribution in [0.4, 0.5) is 34.1 Å². The molecule has 0 bridgehead atoms. The normalized spacial score (nSPS) is 14.8. The molecule has 3 aliphatic rings. The quantitative estimate of drug-likeness (QED) is 0.182. The summed E-state index contributed by atoms with van der Waals surface area (Å²) in [6.45, 7) is 5.48. The van der Waals surface area contributed by atoms with Gasteiger partial charge in [-0.2, -0.15) is 5.26 Å². The molecule has 3 heterocycles. The largest absolute Gasteiger partial charge is 0.453 e. The van der Waals surface area contributed by atoms with Gasteiger partial charge in [0.25, 0.3) is 0 Å². The second-order valence-electron chi connectivity index (χ2n) is 13.7. The van der Waals surface area contributed by atoms with Gasteiger partial charge in [0, 0.05) is 23.7 Å². The Morgan fingerprint density at radius 1 is 0.528 bits per heavy atom. The van der Waals surface area contributed by atoms with Crippen molar-refractivity contribution in [2.45, 2.75) is 19.9 Å². The van der Waals surface area contributed by atoms with Crippen molar-refractivity contribution in [2.75, 3.05) is 16.3 Å². The summed E-state index contributed by atoms with van der Waals surface area (Å²) in [5.41, 5.74) is 14.4. The van der Waals surface area contributed by atoms with Crippen LogP contribution >= 0.6 is 0 Å². The molecule has 1 fully saturated rings. The highest BCUT2D eigenvalue weighted by Crippen LogP contribution is 2.60. The molecule has 6 heteroatoms. The molecular formula is C47H34N4O2. The van der Waals surface area contributed by atoms with Gasteiger partial charge in [-0.1, -0.05) is 84.9 Å². The van der Waals surface area contributed by atoms with Crippen LogP contribution in [0.25, 0.3) is 22.3 Å². The molecule has 0 radical (unpaired) electrons. The first kappa shape index (κ1) is 31.0. The monoisotopic (exact) mass is 686 g/mol. The average Bonchev–Trinajstić information content (AvgIpc) is 4.06. The number of ether oxygens (including phenoxy) is 2. The Morgan fingerprint density at radius 2 is 0.906 bits per heavy atom. The van der Waals surface area contributed by atoms with E-state index >= 15 is 0 Å². The fourth-order valence-electron chi connectivity index (χ4n) is 8.01. The van der Waals surface area contributed by atoms with Gasteiger partial charge in [0.15, 0.2) is 23.0 Å². The molecule has 254 valence electrons. The molecule has 1 unspecified atom stereocenters. The number of benzene rings is 7. The van der Waals surface area contributed by atoms with E-state index in [9.17, 15) is 5.26 Å². The number of para-hydroxylation sites is 8. The molecule has 10 rings (SSSR count). The SMILES string of the molecule is Cc1c(-c2ccc(C#N)cc2)c(N2c3ccccc3Oc3ccccc32)c(C)c(N2c3ccccc3Oc3ccccc32)c1-c1ccc(C2CN2)cc1. The number of nitrogens with one attached hydrogen (secondary N) is 1.